The van der Waals surface area contributed by atoms with Crippen molar-refractivity contribution >= 4 is 34.8 Å². The SMILES string of the molecule is O=C(CN1CCN(C2CCNC2)CC1)Nc1cccc(Cl)c1Cl. The van der Waals surface area contributed by atoms with Gasteiger partial charge in [-0.2, -0.15) is 0 Å². The normalized spacial score (nSPS) is 23.1. The standard InChI is InChI=1S/C16H22Cl2N4O/c17-13-2-1-3-14(16(13)18)20-15(23)11-21-6-8-22(9-7-21)12-4-5-19-10-12/h1-3,12,19H,4-11H2,(H,20,23). The lowest BCUT2D eigenvalue weighted by Gasteiger charge is -2.37. The van der Waals surface area contributed by atoms with Gasteiger partial charge in [0, 0.05) is 38.8 Å². The highest BCUT2D eigenvalue weighted by Gasteiger charge is 2.26. The Balaban J connectivity index is 1.46. The highest BCUT2D eigenvalue weighted by atomic mass is 35.5. The molecule has 2 saturated heterocycles. The van der Waals surface area contributed by atoms with E-state index in [1.165, 1.54) is 6.42 Å². The topological polar surface area (TPSA) is 47.6 Å². The summed E-state index contributed by atoms with van der Waals surface area (Å²) in [4.78, 5) is 16.9. The zero-order valence-electron chi connectivity index (χ0n) is 13.0. The molecule has 0 saturated carbocycles. The Morgan fingerprint density at radius 1 is 1.26 bits per heavy atom. The van der Waals surface area contributed by atoms with Gasteiger partial charge in [0.2, 0.25) is 5.91 Å². The monoisotopic (exact) mass is 356 g/mol. The van der Waals surface area contributed by atoms with Crippen molar-refractivity contribution in [3.8, 4) is 0 Å². The number of anilines is 1. The van der Waals surface area contributed by atoms with Gasteiger partial charge in [-0.3, -0.25) is 14.6 Å². The van der Waals surface area contributed by atoms with Crippen LogP contribution in [0.4, 0.5) is 5.69 Å². The first kappa shape index (κ1) is 17.0. The maximum atomic E-state index is 12.2. The molecule has 0 aromatic heterocycles. The molecule has 1 amide bonds. The lowest BCUT2D eigenvalue weighted by Crippen LogP contribution is -2.52. The highest BCUT2D eigenvalue weighted by molar-refractivity contribution is 6.43. The Kier molecular flexibility index (Phi) is 5.77. The van der Waals surface area contributed by atoms with E-state index in [4.69, 9.17) is 23.2 Å². The van der Waals surface area contributed by atoms with Crippen molar-refractivity contribution in [3.05, 3.63) is 28.2 Å². The van der Waals surface area contributed by atoms with Crippen molar-refractivity contribution in [2.75, 3.05) is 51.1 Å². The molecule has 0 bridgehead atoms. The summed E-state index contributed by atoms with van der Waals surface area (Å²) in [7, 11) is 0. The van der Waals surface area contributed by atoms with E-state index in [2.05, 4.69) is 20.4 Å². The molecule has 23 heavy (non-hydrogen) atoms. The van der Waals surface area contributed by atoms with Gasteiger partial charge in [0.1, 0.15) is 0 Å². The Hall–Kier alpha value is -0.850. The number of benzene rings is 1. The molecular formula is C16H22Cl2N4O. The van der Waals surface area contributed by atoms with E-state index in [0.29, 0.717) is 28.3 Å². The first-order valence-corrected chi connectivity index (χ1v) is 8.80. The molecule has 2 aliphatic rings. The van der Waals surface area contributed by atoms with Gasteiger partial charge in [0.05, 0.1) is 22.3 Å². The van der Waals surface area contributed by atoms with Crippen LogP contribution in [0.15, 0.2) is 18.2 Å². The maximum absolute atomic E-state index is 12.2. The molecule has 7 heteroatoms. The van der Waals surface area contributed by atoms with Crippen LogP contribution in [0.1, 0.15) is 6.42 Å². The van der Waals surface area contributed by atoms with Crippen LogP contribution in [-0.2, 0) is 4.79 Å². The smallest absolute Gasteiger partial charge is 0.238 e. The lowest BCUT2D eigenvalue weighted by atomic mass is 10.2. The first-order chi connectivity index (χ1) is 11.1. The fourth-order valence-corrected chi connectivity index (χ4v) is 3.58. The molecule has 2 N–H and O–H groups in total. The molecule has 1 unspecified atom stereocenters. The van der Waals surface area contributed by atoms with Gasteiger partial charge >= 0.3 is 0 Å². The number of carbonyl (C=O) groups is 1. The number of hydrogen-bond donors (Lipinski definition) is 2. The molecule has 3 rings (SSSR count). The largest absolute Gasteiger partial charge is 0.324 e. The Morgan fingerprint density at radius 3 is 2.74 bits per heavy atom. The summed E-state index contributed by atoms with van der Waals surface area (Å²) in [5.41, 5.74) is 0.569. The van der Waals surface area contributed by atoms with Gasteiger partial charge in [-0.1, -0.05) is 29.3 Å². The van der Waals surface area contributed by atoms with Crippen LogP contribution >= 0.6 is 23.2 Å². The molecular weight excluding hydrogens is 335 g/mol. The first-order valence-electron chi connectivity index (χ1n) is 8.04. The number of halogens is 2. The van der Waals surface area contributed by atoms with Gasteiger partial charge in [0.15, 0.2) is 0 Å². The number of nitrogens with zero attached hydrogens (tertiary/aromatic N) is 2. The van der Waals surface area contributed by atoms with E-state index in [-0.39, 0.29) is 5.91 Å². The fourth-order valence-electron chi connectivity index (χ4n) is 3.23. The number of nitrogens with one attached hydrogen (secondary N) is 2. The average Bonchev–Trinajstić information content (AvgIpc) is 3.07. The number of rotatable bonds is 4. The predicted molar refractivity (Wildman–Crippen MR) is 94.4 cm³/mol. The van der Waals surface area contributed by atoms with E-state index in [0.717, 1.165) is 39.3 Å². The van der Waals surface area contributed by atoms with Gasteiger partial charge < -0.3 is 10.6 Å². The number of piperazine rings is 1. The minimum atomic E-state index is -0.0508. The summed E-state index contributed by atoms with van der Waals surface area (Å²) in [6.45, 7) is 6.50. The van der Waals surface area contributed by atoms with Gasteiger partial charge in [0.25, 0.3) is 0 Å². The summed E-state index contributed by atoms with van der Waals surface area (Å²) in [5.74, 6) is -0.0508. The third-order valence-corrected chi connectivity index (χ3v) is 5.37. The van der Waals surface area contributed by atoms with Crippen LogP contribution in [-0.4, -0.2) is 67.6 Å². The molecule has 126 valence electrons. The van der Waals surface area contributed by atoms with Crippen LogP contribution in [0.25, 0.3) is 0 Å². The summed E-state index contributed by atoms with van der Waals surface area (Å²) in [5, 5.41) is 7.09. The quantitative estimate of drug-likeness (QED) is 0.864. The van der Waals surface area contributed by atoms with Crippen LogP contribution in [0, 0.1) is 0 Å². The molecule has 0 aliphatic carbocycles. The lowest BCUT2D eigenvalue weighted by molar-refractivity contribution is -0.117. The van der Waals surface area contributed by atoms with Crippen molar-refractivity contribution in [2.24, 2.45) is 0 Å². The summed E-state index contributed by atoms with van der Waals surface area (Å²) in [6.07, 6.45) is 1.23. The van der Waals surface area contributed by atoms with Crippen LogP contribution in [0.5, 0.6) is 0 Å². The third kappa shape index (κ3) is 4.37. The second kappa shape index (κ2) is 7.81. The van der Waals surface area contributed by atoms with E-state index >= 15 is 0 Å². The maximum Gasteiger partial charge on any atom is 0.238 e. The van der Waals surface area contributed by atoms with Gasteiger partial charge in [-0.25, -0.2) is 0 Å². The zero-order valence-corrected chi connectivity index (χ0v) is 14.5. The molecule has 0 radical (unpaired) electrons. The Morgan fingerprint density at radius 2 is 2.04 bits per heavy atom. The second-order valence-electron chi connectivity index (χ2n) is 6.11. The number of hydrogen-bond acceptors (Lipinski definition) is 4. The van der Waals surface area contributed by atoms with Crippen LogP contribution in [0.3, 0.4) is 0 Å². The van der Waals surface area contributed by atoms with Crippen LogP contribution < -0.4 is 10.6 Å². The van der Waals surface area contributed by atoms with Crippen molar-refractivity contribution in [2.45, 2.75) is 12.5 Å². The van der Waals surface area contributed by atoms with E-state index in [1.54, 1.807) is 18.2 Å². The van der Waals surface area contributed by atoms with E-state index in [1.807, 2.05) is 0 Å². The molecule has 2 aliphatic heterocycles. The zero-order chi connectivity index (χ0) is 16.2. The van der Waals surface area contributed by atoms with Crippen molar-refractivity contribution in [1.82, 2.24) is 15.1 Å². The minimum Gasteiger partial charge on any atom is -0.324 e. The van der Waals surface area contributed by atoms with Crippen molar-refractivity contribution in [3.63, 3.8) is 0 Å². The summed E-state index contributed by atoms with van der Waals surface area (Å²) >= 11 is 12.1. The molecule has 1 aromatic carbocycles. The summed E-state index contributed by atoms with van der Waals surface area (Å²) in [6, 6.07) is 5.91. The van der Waals surface area contributed by atoms with Crippen LogP contribution in [0.2, 0.25) is 10.0 Å². The number of carbonyl (C=O) groups excluding carboxylic acids is 1. The Labute approximate surface area is 146 Å². The molecule has 1 aromatic rings. The second-order valence-corrected chi connectivity index (χ2v) is 6.89. The molecule has 2 fully saturated rings. The van der Waals surface area contributed by atoms with Crippen molar-refractivity contribution < 1.29 is 4.79 Å². The minimum absolute atomic E-state index is 0.0508. The van der Waals surface area contributed by atoms with E-state index < -0.39 is 0 Å². The fraction of sp³-hybridized carbons (Fsp3) is 0.562. The van der Waals surface area contributed by atoms with E-state index in [9.17, 15) is 4.79 Å². The van der Waals surface area contributed by atoms with Crippen molar-refractivity contribution in [1.29, 1.82) is 0 Å². The van der Waals surface area contributed by atoms with Gasteiger partial charge in [-0.15, -0.1) is 0 Å². The van der Waals surface area contributed by atoms with Gasteiger partial charge in [-0.05, 0) is 25.1 Å². The third-order valence-electron chi connectivity index (χ3n) is 4.55. The molecule has 5 nitrogen and oxygen atoms in total. The Bertz CT molecular complexity index is 555. The summed E-state index contributed by atoms with van der Waals surface area (Å²) < 4.78 is 0. The molecule has 0 spiro atoms. The molecule has 1 atom stereocenters. The molecule has 2 heterocycles. The average molecular weight is 357 g/mol. The number of amides is 1. The highest BCUT2D eigenvalue weighted by Crippen LogP contribution is 2.29. The predicted octanol–water partition coefficient (Wildman–Crippen LogP) is 1.91.